The van der Waals surface area contributed by atoms with Crippen LogP contribution in [0.3, 0.4) is 0 Å². The Labute approximate surface area is 223 Å². The molecule has 6 N–H and O–H groups in total. The first-order chi connectivity index (χ1) is 17.7. The van der Waals surface area contributed by atoms with E-state index in [0.717, 1.165) is 5.56 Å². The molecule has 12 nitrogen and oxygen atoms in total. The lowest BCUT2D eigenvalue weighted by Crippen LogP contribution is -2.59. The number of benzene rings is 1. The number of carbonyl (C=O) groups excluding carboxylic acids is 4. The highest BCUT2D eigenvalue weighted by atomic mass is 31.2. The molecule has 0 unspecified atom stereocenters. The Morgan fingerprint density at radius 1 is 0.816 bits per heavy atom. The third kappa shape index (κ3) is 11.2. The van der Waals surface area contributed by atoms with Crippen LogP contribution in [0.1, 0.15) is 59.9 Å². The standard InChI is InChI=1S/C25H41N4O8P/c1-7-11-19(22(30)26-17(6)38(34,35)36)27-23(31)20(15(2)3)28-24(32)21(16(4)5)29-25(33)37-14-18-12-9-8-10-13-18/h8-10,12-13,15-17,19-21H,7,11,14H2,1-6H3,(H,26,30)(H,27,31)(H,28,32)(H,29,33)(H2,34,35,36)/t17-,19+,20+,21+/m1/s1. The van der Waals surface area contributed by atoms with Gasteiger partial charge in [-0.1, -0.05) is 71.4 Å². The molecule has 0 heterocycles. The molecule has 4 atom stereocenters. The van der Waals surface area contributed by atoms with Gasteiger partial charge in [-0.25, -0.2) is 4.79 Å². The maximum Gasteiger partial charge on any atom is 0.408 e. The molecular formula is C25H41N4O8P. The van der Waals surface area contributed by atoms with Crippen molar-refractivity contribution in [2.45, 2.75) is 84.9 Å². The van der Waals surface area contributed by atoms with E-state index in [0.29, 0.717) is 6.42 Å². The van der Waals surface area contributed by atoms with Gasteiger partial charge in [0, 0.05) is 0 Å². The second-order valence-electron chi connectivity index (χ2n) is 9.78. The van der Waals surface area contributed by atoms with Gasteiger partial charge in [-0.3, -0.25) is 18.9 Å². The lowest BCUT2D eigenvalue weighted by Gasteiger charge is -2.28. The van der Waals surface area contributed by atoms with Crippen molar-refractivity contribution in [3.63, 3.8) is 0 Å². The highest BCUT2D eigenvalue weighted by molar-refractivity contribution is 7.52. The predicted octanol–water partition coefficient (Wildman–Crippen LogP) is 2.00. The molecule has 0 spiro atoms. The summed E-state index contributed by atoms with van der Waals surface area (Å²) in [6, 6.07) is 5.95. The molecule has 0 aromatic heterocycles. The van der Waals surface area contributed by atoms with Crippen molar-refractivity contribution < 1.29 is 38.3 Å². The first-order valence-electron chi connectivity index (χ1n) is 12.6. The molecule has 0 aliphatic rings. The van der Waals surface area contributed by atoms with E-state index in [1.165, 1.54) is 6.92 Å². The average Bonchev–Trinajstić information content (AvgIpc) is 2.83. The molecule has 38 heavy (non-hydrogen) atoms. The topological polar surface area (TPSA) is 183 Å². The van der Waals surface area contributed by atoms with Crippen LogP contribution in [0.2, 0.25) is 0 Å². The second kappa shape index (κ2) is 15.5. The average molecular weight is 557 g/mol. The van der Waals surface area contributed by atoms with Crippen molar-refractivity contribution in [3.8, 4) is 0 Å². The number of hydrogen-bond acceptors (Lipinski definition) is 6. The van der Waals surface area contributed by atoms with Gasteiger partial charge in [0.25, 0.3) is 0 Å². The van der Waals surface area contributed by atoms with Gasteiger partial charge < -0.3 is 35.8 Å². The minimum Gasteiger partial charge on any atom is -0.445 e. The summed E-state index contributed by atoms with van der Waals surface area (Å²) in [7, 11) is -4.56. The molecule has 1 aromatic carbocycles. The van der Waals surface area contributed by atoms with Crippen LogP contribution in [0, 0.1) is 11.8 Å². The van der Waals surface area contributed by atoms with Crippen LogP contribution in [-0.4, -0.2) is 57.5 Å². The normalized spacial score (nSPS) is 14.7. The Hall–Kier alpha value is -2.95. The zero-order valence-electron chi connectivity index (χ0n) is 22.8. The van der Waals surface area contributed by atoms with E-state index in [1.54, 1.807) is 46.8 Å². The molecule has 0 bridgehead atoms. The summed E-state index contributed by atoms with van der Waals surface area (Å²) in [5.41, 5.74) is 0.783. The van der Waals surface area contributed by atoms with Crippen LogP contribution in [0.15, 0.2) is 30.3 Å². The fraction of sp³-hybridized carbons (Fsp3) is 0.600. The van der Waals surface area contributed by atoms with Gasteiger partial charge in [0.1, 0.15) is 30.5 Å². The minimum absolute atomic E-state index is 0.0254. The van der Waals surface area contributed by atoms with Crippen LogP contribution < -0.4 is 21.3 Å². The highest BCUT2D eigenvalue weighted by Gasteiger charge is 2.34. The fourth-order valence-electron chi connectivity index (χ4n) is 3.41. The van der Waals surface area contributed by atoms with Crippen molar-refractivity contribution in [1.29, 1.82) is 0 Å². The van der Waals surface area contributed by atoms with Crippen LogP contribution in [0.5, 0.6) is 0 Å². The third-order valence-electron chi connectivity index (χ3n) is 5.75. The minimum atomic E-state index is -4.56. The number of amides is 4. The van der Waals surface area contributed by atoms with E-state index in [2.05, 4.69) is 21.3 Å². The number of carbonyl (C=O) groups is 4. The Morgan fingerprint density at radius 3 is 1.84 bits per heavy atom. The maximum absolute atomic E-state index is 13.1. The van der Waals surface area contributed by atoms with E-state index >= 15 is 0 Å². The van der Waals surface area contributed by atoms with E-state index in [1.807, 2.05) is 18.2 Å². The molecule has 0 fully saturated rings. The molecule has 1 aromatic rings. The van der Waals surface area contributed by atoms with Crippen LogP contribution in [0.4, 0.5) is 4.79 Å². The lowest BCUT2D eigenvalue weighted by molar-refractivity contribution is -0.134. The van der Waals surface area contributed by atoms with Crippen LogP contribution in [-0.2, 0) is 30.3 Å². The van der Waals surface area contributed by atoms with Gasteiger partial charge in [0.15, 0.2) is 0 Å². The molecule has 1 rings (SSSR count). The molecule has 214 valence electrons. The molecule has 0 aliphatic heterocycles. The smallest absolute Gasteiger partial charge is 0.408 e. The van der Waals surface area contributed by atoms with Crippen molar-refractivity contribution in [2.75, 3.05) is 0 Å². The Morgan fingerprint density at radius 2 is 1.34 bits per heavy atom. The first kappa shape index (κ1) is 33.1. The van der Waals surface area contributed by atoms with Crippen molar-refractivity contribution in [1.82, 2.24) is 21.3 Å². The van der Waals surface area contributed by atoms with Crippen molar-refractivity contribution in [2.24, 2.45) is 11.8 Å². The van der Waals surface area contributed by atoms with Gasteiger partial charge >= 0.3 is 13.7 Å². The monoisotopic (exact) mass is 556 g/mol. The van der Waals surface area contributed by atoms with Crippen LogP contribution >= 0.6 is 7.60 Å². The fourth-order valence-corrected chi connectivity index (χ4v) is 3.71. The van der Waals surface area contributed by atoms with E-state index in [-0.39, 0.29) is 24.9 Å². The summed E-state index contributed by atoms with van der Waals surface area (Å²) in [4.78, 5) is 69.7. The Balaban J connectivity index is 2.88. The molecule has 0 saturated heterocycles. The summed E-state index contributed by atoms with van der Waals surface area (Å²) in [6.45, 7) is 9.87. The molecular weight excluding hydrogens is 515 g/mol. The predicted molar refractivity (Wildman–Crippen MR) is 142 cm³/mol. The number of alkyl carbamates (subject to hydrolysis) is 1. The first-order valence-corrected chi connectivity index (χ1v) is 14.3. The molecule has 13 heteroatoms. The van der Waals surface area contributed by atoms with Gasteiger partial charge in [0.05, 0.1) is 0 Å². The second-order valence-corrected chi connectivity index (χ2v) is 11.7. The largest absolute Gasteiger partial charge is 0.445 e. The zero-order valence-corrected chi connectivity index (χ0v) is 23.7. The summed E-state index contributed by atoms with van der Waals surface area (Å²) >= 11 is 0. The Bertz CT molecular complexity index is 983. The number of nitrogens with one attached hydrogen (secondary N) is 4. The maximum atomic E-state index is 13.1. The summed E-state index contributed by atoms with van der Waals surface area (Å²) in [6.07, 6.45) is -0.0634. The van der Waals surface area contributed by atoms with Crippen molar-refractivity contribution in [3.05, 3.63) is 35.9 Å². The van der Waals surface area contributed by atoms with Gasteiger partial charge in [-0.05, 0) is 30.7 Å². The third-order valence-corrected chi connectivity index (χ3v) is 6.89. The molecule has 0 saturated carbocycles. The highest BCUT2D eigenvalue weighted by Crippen LogP contribution is 2.39. The SMILES string of the molecule is CCC[C@H](NC(=O)[C@@H](NC(=O)[C@@H](NC(=O)OCc1ccccc1)C(C)C)C(C)C)C(=O)N[C@@H](C)P(=O)(O)O. The molecule has 4 amide bonds. The molecule has 0 radical (unpaired) electrons. The van der Waals surface area contributed by atoms with Crippen LogP contribution in [0.25, 0.3) is 0 Å². The number of rotatable bonds is 14. The van der Waals surface area contributed by atoms with Gasteiger partial charge in [0.2, 0.25) is 17.7 Å². The summed E-state index contributed by atoms with van der Waals surface area (Å²) < 4.78 is 16.6. The number of hydrogen-bond donors (Lipinski definition) is 6. The lowest BCUT2D eigenvalue weighted by atomic mass is 9.99. The van der Waals surface area contributed by atoms with E-state index in [4.69, 9.17) is 4.74 Å². The van der Waals surface area contributed by atoms with Gasteiger partial charge in [-0.15, -0.1) is 0 Å². The molecule has 0 aliphatic carbocycles. The van der Waals surface area contributed by atoms with E-state index < -0.39 is 55.3 Å². The Kier molecular flexibility index (Phi) is 13.5. The van der Waals surface area contributed by atoms with Crippen molar-refractivity contribution >= 4 is 31.4 Å². The summed E-state index contributed by atoms with van der Waals surface area (Å²) in [5.74, 6) is -4.12. The quantitative estimate of drug-likeness (QED) is 0.188. The zero-order chi connectivity index (χ0) is 29.0. The number of ether oxygens (including phenoxy) is 1. The van der Waals surface area contributed by atoms with E-state index in [9.17, 15) is 33.5 Å². The summed E-state index contributed by atoms with van der Waals surface area (Å²) in [5, 5.41) is 10.0. The van der Waals surface area contributed by atoms with Gasteiger partial charge in [-0.2, -0.15) is 0 Å².